The highest BCUT2D eigenvalue weighted by molar-refractivity contribution is 6.05. The van der Waals surface area contributed by atoms with Crippen LogP contribution >= 0.6 is 0 Å². The molecule has 5 aromatic rings. The summed E-state index contributed by atoms with van der Waals surface area (Å²) >= 11 is 0. The van der Waals surface area contributed by atoms with Crippen LogP contribution in [0.15, 0.2) is 97.2 Å². The maximum atomic E-state index is 13.7. The molecule has 0 aliphatic carbocycles. The number of nitrogen functional groups attached to an aromatic ring is 1. The van der Waals surface area contributed by atoms with Crippen LogP contribution in [0, 0.1) is 5.92 Å². The minimum Gasteiger partial charge on any atom is -0.488 e. The fraction of sp³-hybridized carbons (Fsp3) is 0.310. The first-order valence-electron chi connectivity index (χ1n) is 17.9. The number of hydrogen-bond acceptors (Lipinski definition) is 7. The maximum Gasteiger partial charge on any atom is 0.255 e. The lowest BCUT2D eigenvalue weighted by atomic mass is 10.0. The lowest BCUT2D eigenvalue weighted by molar-refractivity contribution is -0.134. The molecule has 53 heavy (non-hydrogen) atoms. The van der Waals surface area contributed by atoms with Gasteiger partial charge < -0.3 is 35.7 Å². The van der Waals surface area contributed by atoms with E-state index < -0.39 is 0 Å². The highest BCUT2D eigenvalue weighted by Gasteiger charge is 2.31. The van der Waals surface area contributed by atoms with Gasteiger partial charge in [-0.05, 0) is 73.6 Å². The van der Waals surface area contributed by atoms with E-state index in [-0.39, 0.29) is 55.2 Å². The predicted molar refractivity (Wildman–Crippen MR) is 209 cm³/mol. The summed E-state index contributed by atoms with van der Waals surface area (Å²) in [5.74, 6) is 0.00454. The first-order valence-corrected chi connectivity index (χ1v) is 17.9. The molecule has 0 saturated heterocycles. The number of benzene rings is 4. The molecule has 5 N–H and O–H groups in total. The molecule has 0 fully saturated rings. The smallest absolute Gasteiger partial charge is 0.255 e. The third-order valence-corrected chi connectivity index (χ3v) is 9.90. The lowest BCUT2D eigenvalue weighted by Crippen LogP contribution is -2.47. The van der Waals surface area contributed by atoms with E-state index in [1.807, 2.05) is 98.5 Å². The Bertz CT molecular complexity index is 2090. The number of ether oxygens (including phenoxy) is 1. The molecule has 0 spiro atoms. The first-order chi connectivity index (χ1) is 25.5. The van der Waals surface area contributed by atoms with Crippen LogP contribution in [0.25, 0.3) is 10.9 Å². The third kappa shape index (κ3) is 8.88. The zero-order valence-corrected chi connectivity index (χ0v) is 30.7. The number of nitrogens with one attached hydrogen (secondary N) is 2. The summed E-state index contributed by atoms with van der Waals surface area (Å²) in [7, 11) is 3.98. The summed E-state index contributed by atoms with van der Waals surface area (Å²) in [6.45, 7) is 5.31. The van der Waals surface area contributed by atoms with Gasteiger partial charge in [0, 0.05) is 66.5 Å². The van der Waals surface area contributed by atoms with Crippen molar-refractivity contribution in [1.29, 1.82) is 0 Å². The standard InChI is InChI=1S/C42H48N6O5/c1-27-22-48(28(2)26-49)41(51)21-31-19-33(44-40(50)20-32-24-47(4)37-12-8-5-9-34(32)37)17-18-38(31)53-39(27)25-46(3)23-29-13-15-30(16-14-29)42(52)45-36-11-7-6-10-35(36)43/h5-19,24,27-28,39,49H,20-23,25-26,43H2,1-4H3,(H,44,50)(H,45,52)/t27-,28-,39-/m0/s1. The van der Waals surface area contributed by atoms with Gasteiger partial charge in [0.25, 0.3) is 5.91 Å². The summed E-state index contributed by atoms with van der Waals surface area (Å²) in [5.41, 5.74) is 11.9. The minimum atomic E-state index is -0.373. The van der Waals surface area contributed by atoms with Crippen molar-refractivity contribution >= 4 is 45.7 Å². The Morgan fingerprint density at radius 1 is 1.02 bits per heavy atom. The van der Waals surface area contributed by atoms with Crippen LogP contribution in [0.1, 0.15) is 40.9 Å². The number of likely N-dealkylation sites (N-methyl/N-ethyl adjacent to an activating group) is 1. The molecule has 2 heterocycles. The molecule has 6 rings (SSSR count). The fourth-order valence-electron chi connectivity index (χ4n) is 6.92. The Balaban J connectivity index is 1.16. The predicted octanol–water partition coefficient (Wildman–Crippen LogP) is 5.48. The summed E-state index contributed by atoms with van der Waals surface area (Å²) in [6, 6.07) is 27.7. The van der Waals surface area contributed by atoms with Gasteiger partial charge in [0.1, 0.15) is 11.9 Å². The molecular weight excluding hydrogens is 668 g/mol. The Morgan fingerprint density at radius 3 is 2.51 bits per heavy atom. The maximum absolute atomic E-state index is 13.7. The second kappa shape index (κ2) is 16.4. The number of aromatic nitrogens is 1. The van der Waals surface area contributed by atoms with Crippen LogP contribution in [0.2, 0.25) is 0 Å². The van der Waals surface area contributed by atoms with Crippen LogP contribution in [0.3, 0.4) is 0 Å². The molecule has 4 aromatic carbocycles. The number of aliphatic hydroxyl groups is 1. The number of aliphatic hydroxyl groups excluding tert-OH is 1. The van der Waals surface area contributed by atoms with Gasteiger partial charge in [0.05, 0.1) is 36.9 Å². The summed E-state index contributed by atoms with van der Waals surface area (Å²) in [4.78, 5) is 43.7. The molecule has 3 atom stereocenters. The average Bonchev–Trinajstić information content (AvgIpc) is 3.47. The van der Waals surface area contributed by atoms with E-state index in [0.29, 0.717) is 53.6 Å². The minimum absolute atomic E-state index is 0.0682. The van der Waals surface area contributed by atoms with E-state index in [1.165, 1.54) is 0 Å². The van der Waals surface area contributed by atoms with Crippen molar-refractivity contribution in [3.63, 3.8) is 0 Å². The highest BCUT2D eigenvalue weighted by atomic mass is 16.5. The molecule has 11 heteroatoms. The second-order valence-corrected chi connectivity index (χ2v) is 14.2. The molecule has 1 aliphatic rings. The molecular formula is C42H48N6O5. The number of anilines is 3. The fourth-order valence-corrected chi connectivity index (χ4v) is 6.92. The number of carbonyl (C=O) groups excluding carboxylic acids is 3. The largest absolute Gasteiger partial charge is 0.488 e. The van der Waals surface area contributed by atoms with Crippen LogP contribution in [0.5, 0.6) is 5.75 Å². The van der Waals surface area contributed by atoms with E-state index >= 15 is 0 Å². The Labute approximate surface area is 310 Å². The van der Waals surface area contributed by atoms with E-state index in [1.54, 1.807) is 29.2 Å². The van der Waals surface area contributed by atoms with Gasteiger partial charge in [0.2, 0.25) is 11.8 Å². The first kappa shape index (κ1) is 37.1. The monoisotopic (exact) mass is 716 g/mol. The van der Waals surface area contributed by atoms with Crippen molar-refractivity contribution in [3.8, 4) is 5.75 Å². The van der Waals surface area contributed by atoms with E-state index in [0.717, 1.165) is 22.0 Å². The number of amides is 3. The molecule has 0 radical (unpaired) electrons. The topological polar surface area (TPSA) is 142 Å². The Morgan fingerprint density at radius 2 is 1.75 bits per heavy atom. The summed E-state index contributed by atoms with van der Waals surface area (Å²) in [6.07, 6.45) is 1.96. The molecule has 1 aromatic heterocycles. The van der Waals surface area contributed by atoms with E-state index in [9.17, 15) is 19.5 Å². The van der Waals surface area contributed by atoms with E-state index in [4.69, 9.17) is 10.5 Å². The number of hydrogen-bond donors (Lipinski definition) is 4. The van der Waals surface area contributed by atoms with Crippen molar-refractivity contribution in [2.75, 3.05) is 43.1 Å². The van der Waals surface area contributed by atoms with Crippen LogP contribution < -0.4 is 21.1 Å². The highest BCUT2D eigenvalue weighted by Crippen LogP contribution is 2.30. The Kier molecular flexibility index (Phi) is 11.5. The van der Waals surface area contributed by atoms with Crippen molar-refractivity contribution in [2.45, 2.75) is 45.4 Å². The summed E-state index contributed by atoms with van der Waals surface area (Å²) in [5, 5.41) is 17.0. The van der Waals surface area contributed by atoms with Crippen molar-refractivity contribution < 1.29 is 24.2 Å². The van der Waals surface area contributed by atoms with Gasteiger partial charge in [-0.15, -0.1) is 0 Å². The van der Waals surface area contributed by atoms with Gasteiger partial charge >= 0.3 is 0 Å². The molecule has 0 unspecified atom stereocenters. The molecule has 3 amide bonds. The molecule has 1 aliphatic heterocycles. The Hall–Kier alpha value is -5.65. The second-order valence-electron chi connectivity index (χ2n) is 14.2. The van der Waals surface area contributed by atoms with Crippen LogP contribution in [0.4, 0.5) is 17.1 Å². The van der Waals surface area contributed by atoms with Gasteiger partial charge in [-0.25, -0.2) is 0 Å². The number of rotatable bonds is 11. The number of fused-ring (bicyclic) bond motifs is 2. The number of para-hydroxylation sites is 3. The number of nitrogens with two attached hydrogens (primary N) is 1. The zero-order chi connectivity index (χ0) is 37.6. The van der Waals surface area contributed by atoms with Crippen molar-refractivity contribution in [3.05, 3.63) is 119 Å². The van der Waals surface area contributed by atoms with Gasteiger partial charge in [-0.3, -0.25) is 19.3 Å². The van der Waals surface area contributed by atoms with Gasteiger partial charge in [-0.1, -0.05) is 49.4 Å². The molecule has 0 saturated carbocycles. The number of nitrogens with zero attached hydrogens (tertiary/aromatic N) is 3. The van der Waals surface area contributed by atoms with Crippen molar-refractivity contribution in [2.24, 2.45) is 13.0 Å². The molecule has 276 valence electrons. The van der Waals surface area contributed by atoms with Crippen molar-refractivity contribution in [1.82, 2.24) is 14.4 Å². The van der Waals surface area contributed by atoms with Gasteiger partial charge in [-0.2, -0.15) is 0 Å². The normalized spacial score (nSPS) is 16.6. The summed E-state index contributed by atoms with van der Waals surface area (Å²) < 4.78 is 8.73. The van der Waals surface area contributed by atoms with E-state index in [2.05, 4.69) is 22.5 Å². The third-order valence-electron chi connectivity index (χ3n) is 9.90. The van der Waals surface area contributed by atoms with Gasteiger partial charge in [0.15, 0.2) is 0 Å². The quantitative estimate of drug-likeness (QED) is 0.133. The van der Waals surface area contributed by atoms with Crippen LogP contribution in [-0.2, 0) is 36.0 Å². The van der Waals surface area contributed by atoms with Crippen LogP contribution in [-0.4, -0.2) is 76.1 Å². The molecule has 0 bridgehead atoms. The lowest BCUT2D eigenvalue weighted by Gasteiger charge is -2.34. The zero-order valence-electron chi connectivity index (χ0n) is 30.7. The average molecular weight is 717 g/mol. The SMILES string of the molecule is C[C@H]1CN([C@@H](C)CO)C(=O)Cc2cc(NC(=O)Cc3cn(C)c4ccccc34)ccc2O[C@H]1CN(C)Cc1ccc(C(=O)Nc2ccccc2N)cc1. The molecule has 11 nitrogen and oxygen atoms in total. The number of aryl methyl sites for hydroxylation is 1. The number of carbonyl (C=O) groups is 3.